The van der Waals surface area contributed by atoms with Crippen LogP contribution in [-0.2, 0) is 11.2 Å². The van der Waals surface area contributed by atoms with Gasteiger partial charge in [-0.3, -0.25) is 14.6 Å². The molecule has 0 N–H and O–H groups in total. The number of benzene rings is 3. The number of rotatable bonds is 9. The molecular formula is C35H46N2O2. The van der Waals surface area contributed by atoms with E-state index in [0.717, 1.165) is 11.3 Å². The summed E-state index contributed by atoms with van der Waals surface area (Å²) in [5, 5.41) is 0. The molecule has 4 nitrogen and oxygen atoms in total. The summed E-state index contributed by atoms with van der Waals surface area (Å²) in [7, 11) is 0. The summed E-state index contributed by atoms with van der Waals surface area (Å²) < 4.78 is 0. The van der Waals surface area contributed by atoms with Crippen LogP contribution in [0.2, 0.25) is 0 Å². The summed E-state index contributed by atoms with van der Waals surface area (Å²) in [4.78, 5) is 32.2. The smallest absolute Gasteiger partial charge is 0.183 e. The third-order valence-electron chi connectivity index (χ3n) is 6.07. The molecule has 4 aromatic rings. The van der Waals surface area contributed by atoms with Gasteiger partial charge in [0.25, 0.3) is 0 Å². The van der Waals surface area contributed by atoms with Gasteiger partial charge >= 0.3 is 0 Å². The molecule has 0 radical (unpaired) electrons. The van der Waals surface area contributed by atoms with Crippen molar-refractivity contribution in [3.63, 3.8) is 0 Å². The maximum atomic E-state index is 12.0. The molecular weight excluding hydrogens is 480 g/mol. The molecule has 208 valence electrons. The van der Waals surface area contributed by atoms with Gasteiger partial charge in [-0.15, -0.1) is 0 Å². The molecule has 4 rings (SSSR count). The van der Waals surface area contributed by atoms with Crippen LogP contribution < -0.4 is 0 Å². The fraction of sp³-hybridized carbons (Fsp3) is 0.314. The number of hydrogen-bond acceptors (Lipinski definition) is 4. The normalized spacial score (nSPS) is 11.2. The number of Topliss-reactive ketones (excluding diaryl/α,β-unsaturated/α-hetero) is 2. The number of carbonyl (C=O) groups excluding carboxylic acids is 2. The highest BCUT2D eigenvalue weighted by atomic mass is 16.1. The first-order valence-electron chi connectivity index (χ1n) is 12.4. The molecule has 1 heterocycles. The van der Waals surface area contributed by atoms with Crippen molar-refractivity contribution >= 4 is 11.6 Å². The van der Waals surface area contributed by atoms with Crippen molar-refractivity contribution in [2.45, 2.75) is 74.1 Å². The summed E-state index contributed by atoms with van der Waals surface area (Å²) in [6.45, 7) is 6.01. The van der Waals surface area contributed by atoms with Crippen LogP contribution >= 0.6 is 0 Å². The van der Waals surface area contributed by atoms with E-state index in [1.807, 2.05) is 85.8 Å². The fourth-order valence-corrected chi connectivity index (χ4v) is 3.96. The molecule has 0 aliphatic carbocycles. The van der Waals surface area contributed by atoms with E-state index in [0.29, 0.717) is 36.7 Å². The van der Waals surface area contributed by atoms with Gasteiger partial charge in [-0.1, -0.05) is 127 Å². The van der Waals surface area contributed by atoms with Crippen molar-refractivity contribution in [2.75, 3.05) is 0 Å². The van der Waals surface area contributed by atoms with E-state index in [-0.39, 0.29) is 34.0 Å². The van der Waals surface area contributed by atoms with Crippen LogP contribution in [-0.4, -0.2) is 21.5 Å². The molecule has 2 atom stereocenters. The number of aromatic nitrogens is 2. The standard InChI is InChI=1S/C17H18O.C15H16N2O.3CH4/c1-14(16-10-6-3-7-11-16)12-17(18)13-15-8-4-2-5-9-15;1-11(13-6-4-3-5-7-13)8-15(18)14-10-16-12(2)9-17-14;;;/h2-11,14H,12-13H2,1H3;3-7,9-11H,8H2,1-2H3;3*1H4/t14-;11-;;;/m00.../s1. The van der Waals surface area contributed by atoms with Gasteiger partial charge in [0.15, 0.2) is 5.78 Å². The molecule has 3 aromatic carbocycles. The lowest BCUT2D eigenvalue weighted by atomic mass is 9.93. The Labute approximate surface area is 236 Å². The summed E-state index contributed by atoms with van der Waals surface area (Å²) >= 11 is 0. The molecule has 1 aromatic heterocycles. The first-order valence-corrected chi connectivity index (χ1v) is 12.4. The quantitative estimate of drug-likeness (QED) is 0.204. The van der Waals surface area contributed by atoms with Crippen LogP contribution in [0.5, 0.6) is 0 Å². The van der Waals surface area contributed by atoms with Crippen molar-refractivity contribution < 1.29 is 9.59 Å². The number of carbonyl (C=O) groups is 2. The molecule has 0 saturated carbocycles. The summed E-state index contributed by atoms with van der Waals surface area (Å²) in [5.74, 6) is 0.834. The molecule has 0 bridgehead atoms. The summed E-state index contributed by atoms with van der Waals surface area (Å²) in [5.41, 5.74) is 4.78. The van der Waals surface area contributed by atoms with Crippen LogP contribution in [0, 0.1) is 6.92 Å². The molecule has 4 heteroatoms. The molecule has 39 heavy (non-hydrogen) atoms. The third kappa shape index (κ3) is 12.0. The van der Waals surface area contributed by atoms with Crippen molar-refractivity contribution in [1.29, 1.82) is 0 Å². The van der Waals surface area contributed by atoms with Crippen LogP contribution in [0.25, 0.3) is 0 Å². The highest BCUT2D eigenvalue weighted by Crippen LogP contribution is 2.21. The van der Waals surface area contributed by atoms with E-state index in [1.165, 1.54) is 11.1 Å². The molecule has 0 aliphatic rings. The summed E-state index contributed by atoms with van der Waals surface area (Å²) in [6, 6.07) is 30.2. The highest BCUT2D eigenvalue weighted by molar-refractivity contribution is 5.94. The molecule has 0 saturated heterocycles. The monoisotopic (exact) mass is 526 g/mol. The maximum Gasteiger partial charge on any atom is 0.183 e. The Bertz CT molecular complexity index is 1210. The van der Waals surface area contributed by atoms with Gasteiger partial charge in [-0.05, 0) is 35.4 Å². The Morgan fingerprint density at radius 2 is 1.10 bits per heavy atom. The molecule has 0 amide bonds. The lowest BCUT2D eigenvalue weighted by Crippen LogP contribution is -2.07. The van der Waals surface area contributed by atoms with Crippen molar-refractivity contribution in [3.8, 4) is 0 Å². The molecule has 0 fully saturated rings. The Morgan fingerprint density at radius 1 is 0.641 bits per heavy atom. The number of ketones is 2. The zero-order valence-corrected chi connectivity index (χ0v) is 21.3. The number of aryl methyl sites for hydroxylation is 1. The van der Waals surface area contributed by atoms with Gasteiger partial charge < -0.3 is 0 Å². The van der Waals surface area contributed by atoms with Crippen LogP contribution in [0.3, 0.4) is 0 Å². The average molecular weight is 527 g/mol. The first-order chi connectivity index (χ1) is 17.4. The van der Waals surface area contributed by atoms with Gasteiger partial charge in [0.05, 0.1) is 11.9 Å². The second-order valence-electron chi connectivity index (χ2n) is 9.20. The minimum atomic E-state index is 0. The maximum absolute atomic E-state index is 12.0. The van der Waals surface area contributed by atoms with Crippen LogP contribution in [0.15, 0.2) is 103 Å². The van der Waals surface area contributed by atoms with E-state index in [4.69, 9.17) is 0 Å². The average Bonchev–Trinajstić information content (AvgIpc) is 2.91. The Morgan fingerprint density at radius 3 is 1.56 bits per heavy atom. The zero-order chi connectivity index (χ0) is 25.8. The first kappa shape index (κ1) is 35.1. The van der Waals surface area contributed by atoms with Crippen LogP contribution in [0.1, 0.15) is 93.7 Å². The van der Waals surface area contributed by atoms with Gasteiger partial charge in [0.1, 0.15) is 11.5 Å². The van der Waals surface area contributed by atoms with Gasteiger partial charge in [0, 0.05) is 25.5 Å². The Kier molecular flexibility index (Phi) is 16.5. The number of nitrogens with zero attached hydrogens (tertiary/aromatic N) is 2. The molecule has 0 unspecified atom stereocenters. The summed E-state index contributed by atoms with van der Waals surface area (Å²) in [6.07, 6.45) is 4.79. The highest BCUT2D eigenvalue weighted by Gasteiger charge is 2.14. The van der Waals surface area contributed by atoms with E-state index in [2.05, 4.69) is 35.9 Å². The fourth-order valence-electron chi connectivity index (χ4n) is 3.96. The predicted octanol–water partition coefficient (Wildman–Crippen LogP) is 9.06. The van der Waals surface area contributed by atoms with Gasteiger partial charge in [-0.25, -0.2) is 4.98 Å². The second-order valence-corrected chi connectivity index (χ2v) is 9.20. The minimum absolute atomic E-state index is 0. The third-order valence-corrected chi connectivity index (χ3v) is 6.07. The Balaban J connectivity index is 0.000000688. The lowest BCUT2D eigenvalue weighted by Gasteiger charge is -2.10. The Hall–Kier alpha value is -3.92. The lowest BCUT2D eigenvalue weighted by molar-refractivity contribution is -0.118. The van der Waals surface area contributed by atoms with E-state index < -0.39 is 0 Å². The van der Waals surface area contributed by atoms with Crippen molar-refractivity contribution in [2.24, 2.45) is 0 Å². The number of hydrogen-bond donors (Lipinski definition) is 0. The SMILES string of the molecule is C.C.C.C[C@@H](CC(=O)Cc1ccccc1)c1ccccc1.Cc1cnc(C(=O)C[C@H](C)c2ccccc2)cn1. The largest absolute Gasteiger partial charge is 0.299 e. The second kappa shape index (κ2) is 18.4. The molecule has 0 aliphatic heterocycles. The van der Waals surface area contributed by atoms with E-state index in [9.17, 15) is 9.59 Å². The van der Waals surface area contributed by atoms with Crippen molar-refractivity contribution in [3.05, 3.63) is 131 Å². The van der Waals surface area contributed by atoms with E-state index in [1.54, 1.807) is 12.4 Å². The topological polar surface area (TPSA) is 59.9 Å². The minimum Gasteiger partial charge on any atom is -0.299 e. The van der Waals surface area contributed by atoms with E-state index >= 15 is 0 Å². The zero-order valence-electron chi connectivity index (χ0n) is 21.3. The van der Waals surface area contributed by atoms with Gasteiger partial charge in [0.2, 0.25) is 0 Å². The van der Waals surface area contributed by atoms with Crippen LogP contribution in [0.4, 0.5) is 0 Å². The predicted molar refractivity (Wildman–Crippen MR) is 165 cm³/mol. The molecule has 0 spiro atoms. The van der Waals surface area contributed by atoms with Crippen molar-refractivity contribution in [1.82, 2.24) is 9.97 Å². The van der Waals surface area contributed by atoms with Gasteiger partial charge in [-0.2, -0.15) is 0 Å².